The molecule has 142 valence electrons. The van der Waals surface area contributed by atoms with Crippen molar-refractivity contribution in [1.29, 1.82) is 0 Å². The highest BCUT2D eigenvalue weighted by molar-refractivity contribution is 5.85. The number of ether oxygens (including phenoxy) is 1. The quantitative estimate of drug-likeness (QED) is 0.823. The van der Waals surface area contributed by atoms with Crippen LogP contribution < -0.4 is 5.73 Å². The maximum Gasteiger partial charge on any atom is 0.239 e. The van der Waals surface area contributed by atoms with Crippen molar-refractivity contribution < 1.29 is 13.9 Å². The van der Waals surface area contributed by atoms with Crippen molar-refractivity contribution in [3.05, 3.63) is 35.6 Å². The summed E-state index contributed by atoms with van der Waals surface area (Å²) in [6, 6.07) is 7.60. The lowest BCUT2D eigenvalue weighted by Crippen LogP contribution is -2.47. The van der Waals surface area contributed by atoms with E-state index in [1.165, 1.54) is 0 Å². The number of hydrogen-bond acceptors (Lipinski definition) is 4. The van der Waals surface area contributed by atoms with Crippen molar-refractivity contribution in [2.75, 3.05) is 20.3 Å². The van der Waals surface area contributed by atoms with Crippen LogP contribution in [0, 0.1) is 5.92 Å². The van der Waals surface area contributed by atoms with Gasteiger partial charge in [0.25, 0.3) is 0 Å². The Labute approximate surface area is 155 Å². The molecule has 3 rings (SSSR count). The predicted molar refractivity (Wildman–Crippen MR) is 103 cm³/mol. The normalized spacial score (nSPS) is 16.7. The average Bonchev–Trinajstić information content (AvgIpc) is 3.03. The molecule has 1 fully saturated rings. The van der Waals surface area contributed by atoms with Crippen LogP contribution in [-0.4, -0.2) is 37.1 Å². The number of hydrogen-bond donors (Lipinski definition) is 1. The van der Waals surface area contributed by atoms with Crippen molar-refractivity contribution in [3.8, 4) is 0 Å². The van der Waals surface area contributed by atoms with Crippen LogP contribution in [-0.2, 0) is 22.5 Å². The summed E-state index contributed by atoms with van der Waals surface area (Å²) in [4.78, 5) is 14.6. The lowest BCUT2D eigenvalue weighted by Gasteiger charge is -2.29. The third-order valence-corrected chi connectivity index (χ3v) is 5.37. The van der Waals surface area contributed by atoms with E-state index in [4.69, 9.17) is 14.9 Å². The molecule has 5 heteroatoms. The molecule has 1 atom stereocenters. The lowest BCUT2D eigenvalue weighted by molar-refractivity contribution is -0.133. The first-order chi connectivity index (χ1) is 12.6. The highest BCUT2D eigenvalue weighted by Gasteiger charge is 2.29. The van der Waals surface area contributed by atoms with Crippen LogP contribution in [0.1, 0.15) is 43.9 Å². The number of nitrogens with two attached hydrogens (primary N) is 1. The van der Waals surface area contributed by atoms with Crippen molar-refractivity contribution in [3.63, 3.8) is 0 Å². The van der Waals surface area contributed by atoms with Gasteiger partial charge in [0.15, 0.2) is 0 Å². The number of benzene rings is 1. The molecule has 0 radical (unpaired) electrons. The van der Waals surface area contributed by atoms with E-state index in [2.05, 4.69) is 13.0 Å². The first-order valence-electron chi connectivity index (χ1n) is 9.69. The molecular weight excluding hydrogens is 328 g/mol. The Bertz CT molecular complexity index is 734. The van der Waals surface area contributed by atoms with Crippen LogP contribution >= 0.6 is 0 Å². The van der Waals surface area contributed by atoms with Gasteiger partial charge in [-0.2, -0.15) is 0 Å². The molecular formula is C21H30N2O3. The zero-order chi connectivity index (χ0) is 18.5. The van der Waals surface area contributed by atoms with Gasteiger partial charge in [-0.1, -0.05) is 31.5 Å². The van der Waals surface area contributed by atoms with E-state index < -0.39 is 6.04 Å². The van der Waals surface area contributed by atoms with E-state index in [0.29, 0.717) is 19.8 Å². The number of carbonyl (C=O) groups is 1. The van der Waals surface area contributed by atoms with Crippen LogP contribution in [0.5, 0.6) is 0 Å². The number of unbranched alkanes of at least 4 members (excludes halogenated alkanes) is 1. The summed E-state index contributed by atoms with van der Waals surface area (Å²) < 4.78 is 11.5. The fraction of sp³-hybridized carbons (Fsp3) is 0.571. The summed E-state index contributed by atoms with van der Waals surface area (Å²) in [5, 5.41) is 1.10. The number of nitrogens with zero attached hydrogens (tertiary/aromatic N) is 1. The molecule has 1 aromatic carbocycles. The zero-order valence-electron chi connectivity index (χ0n) is 15.9. The molecule has 0 spiro atoms. The molecule has 0 bridgehead atoms. The maximum atomic E-state index is 12.9. The van der Waals surface area contributed by atoms with E-state index >= 15 is 0 Å². The Hall–Kier alpha value is -1.85. The number of para-hydroxylation sites is 1. The Morgan fingerprint density at radius 1 is 1.31 bits per heavy atom. The minimum absolute atomic E-state index is 0.00335. The largest absolute Gasteiger partial charge is 0.461 e. The molecule has 5 nitrogen and oxygen atoms in total. The summed E-state index contributed by atoms with van der Waals surface area (Å²) in [5.74, 6) is 1.20. The van der Waals surface area contributed by atoms with Crippen LogP contribution in [0.3, 0.4) is 0 Å². The molecule has 26 heavy (non-hydrogen) atoms. The van der Waals surface area contributed by atoms with E-state index in [1.54, 1.807) is 4.90 Å². The second-order valence-corrected chi connectivity index (χ2v) is 7.27. The molecule has 1 saturated heterocycles. The number of carbonyl (C=O) groups excluding carboxylic acids is 1. The molecule has 2 aromatic rings. The topological polar surface area (TPSA) is 68.7 Å². The lowest BCUT2D eigenvalue weighted by atomic mass is 9.91. The zero-order valence-corrected chi connectivity index (χ0v) is 15.9. The number of likely N-dealkylation sites (N-methyl/N-ethyl adjacent to an activating group) is 1. The third kappa shape index (κ3) is 4.10. The number of furan rings is 1. The highest BCUT2D eigenvalue weighted by Crippen LogP contribution is 2.28. The van der Waals surface area contributed by atoms with E-state index in [-0.39, 0.29) is 11.8 Å². The van der Waals surface area contributed by atoms with Gasteiger partial charge in [0, 0.05) is 44.2 Å². The van der Waals surface area contributed by atoms with E-state index in [9.17, 15) is 4.79 Å². The number of aryl methyl sites for hydroxylation is 1. The van der Waals surface area contributed by atoms with Crippen LogP contribution in [0.4, 0.5) is 0 Å². The molecule has 1 unspecified atom stereocenters. The molecule has 1 amide bonds. The predicted octanol–water partition coefficient (Wildman–Crippen LogP) is 3.49. The maximum absolute atomic E-state index is 12.9. The molecule has 1 aromatic heterocycles. The monoisotopic (exact) mass is 358 g/mol. The summed E-state index contributed by atoms with van der Waals surface area (Å²) in [6.07, 6.45) is 4.80. The molecule has 2 heterocycles. The number of rotatable bonds is 7. The van der Waals surface area contributed by atoms with Gasteiger partial charge in [-0.25, -0.2) is 0 Å². The number of fused-ring (bicyclic) bond motifs is 1. The van der Waals surface area contributed by atoms with Crippen molar-refractivity contribution in [2.24, 2.45) is 11.7 Å². The third-order valence-electron chi connectivity index (χ3n) is 5.37. The fourth-order valence-electron chi connectivity index (χ4n) is 3.71. The van der Waals surface area contributed by atoms with Gasteiger partial charge >= 0.3 is 0 Å². The first kappa shape index (κ1) is 18.9. The number of amides is 1. The second-order valence-electron chi connectivity index (χ2n) is 7.27. The molecule has 0 saturated carbocycles. The summed E-state index contributed by atoms with van der Waals surface area (Å²) in [7, 11) is 1.84. The minimum Gasteiger partial charge on any atom is -0.461 e. The van der Waals surface area contributed by atoms with Crippen LogP contribution in [0.15, 0.2) is 28.7 Å². The molecule has 0 aliphatic carbocycles. The van der Waals surface area contributed by atoms with Crippen LogP contribution in [0.2, 0.25) is 0 Å². The van der Waals surface area contributed by atoms with Crippen molar-refractivity contribution in [2.45, 2.75) is 51.6 Å². The Balaban J connectivity index is 1.77. The van der Waals surface area contributed by atoms with E-state index in [0.717, 1.165) is 54.4 Å². The highest BCUT2D eigenvalue weighted by atomic mass is 16.5. The van der Waals surface area contributed by atoms with Gasteiger partial charge in [0.1, 0.15) is 11.3 Å². The van der Waals surface area contributed by atoms with Gasteiger partial charge in [-0.05, 0) is 31.2 Å². The summed E-state index contributed by atoms with van der Waals surface area (Å²) >= 11 is 0. The van der Waals surface area contributed by atoms with Gasteiger partial charge in [0.05, 0.1) is 6.04 Å². The van der Waals surface area contributed by atoms with Crippen molar-refractivity contribution >= 4 is 16.9 Å². The Morgan fingerprint density at radius 2 is 2.04 bits per heavy atom. The smallest absolute Gasteiger partial charge is 0.239 e. The Morgan fingerprint density at radius 3 is 2.77 bits per heavy atom. The second kappa shape index (κ2) is 8.69. The van der Waals surface area contributed by atoms with E-state index in [1.807, 2.05) is 25.2 Å². The SMILES string of the molecule is CCCCc1oc2ccccc2c1CN(C)C(=O)C(N)C1CCOCC1. The fourth-order valence-corrected chi connectivity index (χ4v) is 3.71. The first-order valence-corrected chi connectivity index (χ1v) is 9.69. The standard InChI is InChI=1S/C21H30N2O3/c1-3-4-8-19-17(16-7-5-6-9-18(16)26-19)14-23(2)21(24)20(22)15-10-12-25-13-11-15/h5-7,9,15,20H,3-4,8,10-14,22H2,1-2H3. The summed E-state index contributed by atoms with van der Waals surface area (Å²) in [6.45, 7) is 4.10. The van der Waals surface area contributed by atoms with Gasteiger partial charge in [-0.3, -0.25) is 4.79 Å². The Kier molecular flexibility index (Phi) is 6.33. The molecule has 2 N–H and O–H groups in total. The van der Waals surface area contributed by atoms with Crippen LogP contribution in [0.25, 0.3) is 11.0 Å². The van der Waals surface area contributed by atoms with Gasteiger partial charge in [0.2, 0.25) is 5.91 Å². The van der Waals surface area contributed by atoms with Gasteiger partial charge in [-0.15, -0.1) is 0 Å². The van der Waals surface area contributed by atoms with Gasteiger partial charge < -0.3 is 19.8 Å². The summed E-state index contributed by atoms with van der Waals surface area (Å²) in [5.41, 5.74) is 8.29. The average molecular weight is 358 g/mol. The molecule has 1 aliphatic heterocycles. The van der Waals surface area contributed by atoms with Crippen molar-refractivity contribution in [1.82, 2.24) is 4.90 Å². The molecule has 1 aliphatic rings. The minimum atomic E-state index is -0.457.